The van der Waals surface area contributed by atoms with E-state index >= 15 is 0 Å². The molecule has 62 valence electrons. The number of hydrogen-bond acceptors (Lipinski definition) is 2. The van der Waals surface area contributed by atoms with E-state index < -0.39 is 0 Å². The Balaban J connectivity index is 2.84. The summed E-state index contributed by atoms with van der Waals surface area (Å²) in [6.45, 7) is 0. The van der Waals surface area contributed by atoms with E-state index in [4.69, 9.17) is 0 Å². The molecule has 0 amide bonds. The van der Waals surface area contributed by atoms with E-state index in [9.17, 15) is 0 Å². The molecule has 0 heterocycles. The molecule has 0 bridgehead atoms. The zero-order valence-electron chi connectivity index (χ0n) is 8.09. The van der Waals surface area contributed by atoms with Crippen LogP contribution in [0.15, 0.2) is 24.3 Å². The molecule has 1 aliphatic carbocycles. The van der Waals surface area contributed by atoms with Gasteiger partial charge in [0, 0.05) is 0 Å². The summed E-state index contributed by atoms with van der Waals surface area (Å²) in [7, 11) is 4.06. The van der Waals surface area contributed by atoms with Crippen molar-refractivity contribution >= 4 is 49.0 Å². The molecule has 0 aromatic rings. The fourth-order valence-corrected chi connectivity index (χ4v) is 3.39. The Kier molecular flexibility index (Phi) is 4.68. The molecule has 0 saturated heterocycles. The molecular formula is C9H15KN2. The summed E-state index contributed by atoms with van der Waals surface area (Å²) in [4.78, 5) is 0. The molecule has 3 heteroatoms. The molecule has 0 spiro atoms. The average molecular weight is 190 g/mol. The Morgan fingerprint density at radius 3 is 2.58 bits per heavy atom. The molecule has 2 unspecified atom stereocenters. The summed E-state index contributed by atoms with van der Waals surface area (Å²) in [5.41, 5.74) is 0.184. The normalized spacial score (nSPS) is 34.2. The first kappa shape index (κ1) is 11.1. The van der Waals surface area contributed by atoms with Gasteiger partial charge in [0.25, 0.3) is 0 Å². The Morgan fingerprint density at radius 1 is 1.42 bits per heavy atom. The summed E-state index contributed by atoms with van der Waals surface area (Å²) in [6, 6.07) is 0.447. The first-order valence-electron chi connectivity index (χ1n) is 4.51. The molecule has 2 atom stereocenters. The molecule has 0 aliphatic heterocycles. The van der Waals surface area contributed by atoms with Crippen LogP contribution < -0.4 is 10.6 Å². The van der Waals surface area contributed by atoms with Crippen LogP contribution in [0.1, 0.15) is 0 Å². The van der Waals surface area contributed by atoms with Crippen LogP contribution in [0.4, 0.5) is 0 Å². The molecule has 0 fully saturated rings. The van der Waals surface area contributed by atoms with Crippen molar-refractivity contribution in [3.63, 3.8) is 0 Å². The predicted octanol–water partition coefficient (Wildman–Crippen LogP) is 0.245. The van der Waals surface area contributed by atoms with Gasteiger partial charge in [-0.05, 0) is 0 Å². The minimum atomic E-state index is 0.184. The quantitative estimate of drug-likeness (QED) is 0.623. The monoisotopic (exact) mass is 190 g/mol. The molecule has 0 radical (unpaired) electrons. The van der Waals surface area contributed by atoms with Crippen molar-refractivity contribution in [2.24, 2.45) is 0 Å². The van der Waals surface area contributed by atoms with E-state index in [0.717, 1.165) is 49.0 Å². The Labute approximate surface area is 108 Å². The van der Waals surface area contributed by atoms with Crippen LogP contribution in [0.25, 0.3) is 0 Å². The van der Waals surface area contributed by atoms with Gasteiger partial charge in [-0.2, -0.15) is 0 Å². The van der Waals surface area contributed by atoms with Crippen molar-refractivity contribution in [1.82, 2.24) is 10.6 Å². The van der Waals surface area contributed by atoms with Gasteiger partial charge < -0.3 is 0 Å². The predicted molar refractivity (Wildman–Crippen MR) is 53.5 cm³/mol. The summed E-state index contributed by atoms with van der Waals surface area (Å²) >= 11 is 0.876. The zero-order chi connectivity index (χ0) is 9.03. The second-order valence-corrected chi connectivity index (χ2v) is 4.26. The topological polar surface area (TPSA) is 24.1 Å². The fourth-order valence-electron chi connectivity index (χ4n) is 1.79. The van der Waals surface area contributed by atoms with Crippen molar-refractivity contribution in [1.29, 1.82) is 0 Å². The molecular weight excluding hydrogens is 175 g/mol. The molecule has 1 rings (SSSR count). The maximum atomic E-state index is 3.41. The first-order valence-corrected chi connectivity index (χ1v) is 6.72. The van der Waals surface area contributed by atoms with Crippen LogP contribution >= 0.6 is 0 Å². The third-order valence-corrected chi connectivity index (χ3v) is 4.55. The molecule has 0 aromatic heterocycles. The van der Waals surface area contributed by atoms with Gasteiger partial charge >= 0.3 is 110 Å². The standard InChI is InChI=1S/C9H15N2.K/c1-9(11-3)7-5-4-6-8(9)10-2;/h4-8,10-11H,1H2,2-3H3;. The number of likely N-dealkylation sites (N-methyl/N-ethyl adjacent to an activating group) is 2. The maximum absolute atomic E-state index is 3.41. The van der Waals surface area contributed by atoms with Gasteiger partial charge in [0.1, 0.15) is 0 Å². The summed E-state index contributed by atoms with van der Waals surface area (Å²) in [6.07, 6.45) is 8.75. The second kappa shape index (κ2) is 5.05. The van der Waals surface area contributed by atoms with Crippen molar-refractivity contribution < 1.29 is 0 Å². The first-order chi connectivity index (χ1) is 5.79. The summed E-state index contributed by atoms with van der Waals surface area (Å²) in [5.74, 6) is 0. The van der Waals surface area contributed by atoms with Crippen LogP contribution in [0, 0.1) is 0 Å². The van der Waals surface area contributed by atoms with Gasteiger partial charge in [-0.3, -0.25) is 0 Å². The van der Waals surface area contributed by atoms with Gasteiger partial charge in [0.2, 0.25) is 0 Å². The minimum absolute atomic E-state index is 0.184. The number of hydrogen-bond donors (Lipinski definition) is 2. The van der Waals surface area contributed by atoms with Gasteiger partial charge in [-0.15, -0.1) is 0 Å². The number of nitrogens with one attached hydrogen (secondary N) is 2. The van der Waals surface area contributed by atoms with Gasteiger partial charge in [0.05, 0.1) is 0 Å². The van der Waals surface area contributed by atoms with Crippen LogP contribution in [-0.2, 0) is 0 Å². The third kappa shape index (κ3) is 2.09. The fraction of sp³-hybridized carbons (Fsp3) is 0.556. The van der Waals surface area contributed by atoms with Crippen molar-refractivity contribution in [3.8, 4) is 0 Å². The Hall–Kier alpha value is 1.04. The molecule has 12 heavy (non-hydrogen) atoms. The zero-order valence-corrected chi connectivity index (χ0v) is 11.2. The average Bonchev–Trinajstić information content (AvgIpc) is 2.17. The molecule has 0 saturated carbocycles. The molecule has 2 N–H and O–H groups in total. The summed E-state index contributed by atoms with van der Waals surface area (Å²) < 4.78 is 1.28. The van der Waals surface area contributed by atoms with Crippen LogP contribution in [0.5, 0.6) is 0 Å². The van der Waals surface area contributed by atoms with Crippen molar-refractivity contribution in [2.75, 3.05) is 14.1 Å². The number of allylic oxidation sites excluding steroid dienone is 2. The second-order valence-electron chi connectivity index (χ2n) is 3.15. The van der Waals surface area contributed by atoms with E-state index in [1.165, 1.54) is 0.515 Å². The number of rotatable bonds is 3. The van der Waals surface area contributed by atoms with Crippen molar-refractivity contribution in [2.45, 2.75) is 12.1 Å². The molecule has 1 aliphatic rings. The van der Waals surface area contributed by atoms with E-state index in [2.05, 4.69) is 34.9 Å². The SMILES string of the molecule is CNC1C=CC=CC1([CH2][K])NC. The van der Waals surface area contributed by atoms with Crippen LogP contribution in [0.3, 0.4) is 0 Å². The Morgan fingerprint density at radius 2 is 2.17 bits per heavy atom. The van der Waals surface area contributed by atoms with Gasteiger partial charge in [-0.25, -0.2) is 0 Å². The summed E-state index contributed by atoms with van der Waals surface area (Å²) in [5, 5.41) is 6.74. The van der Waals surface area contributed by atoms with Crippen LogP contribution in [0.2, 0.25) is 0.515 Å². The third-order valence-electron chi connectivity index (χ3n) is 2.72. The van der Waals surface area contributed by atoms with E-state index in [1.807, 2.05) is 14.1 Å². The van der Waals surface area contributed by atoms with Gasteiger partial charge in [0.15, 0.2) is 0 Å². The van der Waals surface area contributed by atoms with E-state index in [-0.39, 0.29) is 5.54 Å². The van der Waals surface area contributed by atoms with Crippen molar-refractivity contribution in [3.05, 3.63) is 24.3 Å². The van der Waals surface area contributed by atoms with E-state index in [1.54, 1.807) is 0 Å². The Bertz CT molecular complexity index is 195. The van der Waals surface area contributed by atoms with Crippen LogP contribution in [-0.4, -0.2) is 74.6 Å². The van der Waals surface area contributed by atoms with Gasteiger partial charge in [-0.1, -0.05) is 0 Å². The molecule has 2 nitrogen and oxygen atoms in total. The van der Waals surface area contributed by atoms with E-state index in [0.29, 0.717) is 6.04 Å². The molecule has 0 aromatic carbocycles.